The summed E-state index contributed by atoms with van der Waals surface area (Å²) in [5, 5.41) is 0. The van der Waals surface area contributed by atoms with Crippen molar-refractivity contribution in [3.8, 4) is 11.5 Å². The molecule has 1 aliphatic rings. The third-order valence-electron chi connectivity index (χ3n) is 4.84. The number of carbonyl (C=O) groups excluding carboxylic acids is 1. The van der Waals surface area contributed by atoms with E-state index in [9.17, 15) is 13.2 Å². The Hall–Kier alpha value is -3.01. The van der Waals surface area contributed by atoms with Gasteiger partial charge in [0.1, 0.15) is 16.4 Å². The molecule has 1 amide bonds. The van der Waals surface area contributed by atoms with Crippen LogP contribution in [0.2, 0.25) is 0 Å². The van der Waals surface area contributed by atoms with Crippen LogP contribution < -0.4 is 14.2 Å². The lowest BCUT2D eigenvalue weighted by molar-refractivity contribution is 0.0686. The number of sulfonamides is 1. The van der Waals surface area contributed by atoms with Crippen LogP contribution in [0.25, 0.3) is 0 Å². The van der Waals surface area contributed by atoms with Gasteiger partial charge in [-0.25, -0.2) is 13.2 Å². The van der Waals surface area contributed by atoms with Crippen molar-refractivity contribution < 1.29 is 27.4 Å². The molecule has 1 aromatic heterocycles. The molecule has 0 atom stereocenters. The van der Waals surface area contributed by atoms with Crippen molar-refractivity contribution in [1.29, 1.82) is 0 Å². The number of pyridine rings is 1. The van der Waals surface area contributed by atoms with Crippen molar-refractivity contribution in [2.45, 2.75) is 38.6 Å². The van der Waals surface area contributed by atoms with Gasteiger partial charge in [0.05, 0.1) is 39.3 Å². The van der Waals surface area contributed by atoms with Crippen molar-refractivity contribution >= 4 is 21.8 Å². The van der Waals surface area contributed by atoms with Crippen LogP contribution in [0, 0.1) is 5.41 Å². The Morgan fingerprint density at radius 1 is 1.19 bits per heavy atom. The summed E-state index contributed by atoms with van der Waals surface area (Å²) in [4.78, 5) is 18.4. The molecule has 1 aliphatic heterocycles. The molecule has 0 unspecified atom stereocenters. The highest BCUT2D eigenvalue weighted by atomic mass is 32.2. The molecule has 174 valence electrons. The number of hydrogen-bond acceptors (Lipinski definition) is 7. The number of carbonyl (C=O) groups is 1. The molecule has 0 fully saturated rings. The Morgan fingerprint density at radius 2 is 1.94 bits per heavy atom. The number of fused-ring (bicyclic) bond motifs is 1. The largest absolute Gasteiger partial charge is 0.497 e. The van der Waals surface area contributed by atoms with Crippen molar-refractivity contribution in [2.24, 2.45) is 5.41 Å². The molecule has 0 radical (unpaired) electrons. The lowest BCUT2D eigenvalue weighted by Gasteiger charge is -2.29. The maximum atomic E-state index is 13.0. The van der Waals surface area contributed by atoms with E-state index in [1.165, 1.54) is 32.5 Å². The highest BCUT2D eigenvalue weighted by Crippen LogP contribution is 2.30. The summed E-state index contributed by atoms with van der Waals surface area (Å²) >= 11 is 0. The van der Waals surface area contributed by atoms with Gasteiger partial charge in [-0.2, -0.15) is 0 Å². The zero-order valence-corrected chi connectivity index (χ0v) is 19.8. The molecule has 32 heavy (non-hydrogen) atoms. The SMILES string of the molecule is COc1ccc(OC)c(S(=O)(=O)Nc2cnc3c(c2)CN(C(=O)OCC(C)(C)C)CC3)c1. The normalized spacial score (nSPS) is 13.8. The van der Waals surface area contributed by atoms with E-state index in [0.717, 1.165) is 11.3 Å². The van der Waals surface area contributed by atoms with Gasteiger partial charge >= 0.3 is 6.09 Å². The van der Waals surface area contributed by atoms with E-state index < -0.39 is 16.1 Å². The summed E-state index contributed by atoms with van der Waals surface area (Å²) in [7, 11) is -1.12. The second kappa shape index (κ2) is 9.23. The molecule has 0 saturated heterocycles. The fraction of sp³-hybridized carbons (Fsp3) is 0.455. The topological polar surface area (TPSA) is 107 Å². The molecule has 1 aromatic carbocycles. The summed E-state index contributed by atoms with van der Waals surface area (Å²) in [6.07, 6.45) is 1.64. The van der Waals surface area contributed by atoms with E-state index >= 15 is 0 Å². The van der Waals surface area contributed by atoms with Crippen LogP contribution in [-0.2, 0) is 27.7 Å². The summed E-state index contributed by atoms with van der Waals surface area (Å²) in [5.41, 5.74) is 1.75. The average molecular weight is 464 g/mol. The molecule has 2 heterocycles. The average Bonchev–Trinajstić information content (AvgIpc) is 2.75. The maximum Gasteiger partial charge on any atom is 0.410 e. The highest BCUT2D eigenvalue weighted by molar-refractivity contribution is 7.92. The quantitative estimate of drug-likeness (QED) is 0.699. The standard InChI is InChI=1S/C22H29N3O6S/c1-22(2,3)14-31-21(26)25-9-8-18-15(13-25)10-16(12-23-18)24-32(27,28)20-11-17(29-4)6-7-19(20)30-5/h6-7,10-12,24H,8-9,13-14H2,1-5H3. The zero-order valence-electron chi connectivity index (χ0n) is 19.0. The number of hydrogen-bond donors (Lipinski definition) is 1. The summed E-state index contributed by atoms with van der Waals surface area (Å²) in [6, 6.07) is 6.22. The number of rotatable bonds is 6. The lowest BCUT2D eigenvalue weighted by Crippen LogP contribution is -2.38. The zero-order chi connectivity index (χ0) is 23.5. The van der Waals surface area contributed by atoms with E-state index in [1.807, 2.05) is 20.8 Å². The maximum absolute atomic E-state index is 13.0. The van der Waals surface area contributed by atoms with Gasteiger partial charge in [0.25, 0.3) is 10.0 Å². The molecular weight excluding hydrogens is 434 g/mol. The predicted octanol–water partition coefficient (Wildman–Crippen LogP) is 3.44. The number of nitrogens with zero attached hydrogens (tertiary/aromatic N) is 2. The monoisotopic (exact) mass is 463 g/mol. The Bertz CT molecular complexity index is 1100. The number of ether oxygens (including phenoxy) is 3. The van der Waals surface area contributed by atoms with Gasteiger partial charge in [0.15, 0.2) is 0 Å². The first-order valence-corrected chi connectivity index (χ1v) is 11.6. The smallest absolute Gasteiger partial charge is 0.410 e. The molecule has 0 aliphatic carbocycles. The third kappa shape index (κ3) is 5.61. The molecule has 2 aromatic rings. The third-order valence-corrected chi connectivity index (χ3v) is 6.24. The minimum absolute atomic E-state index is 0.0514. The van der Waals surface area contributed by atoms with E-state index in [2.05, 4.69) is 9.71 Å². The number of benzene rings is 1. The first kappa shape index (κ1) is 23.6. The van der Waals surface area contributed by atoms with Crippen LogP contribution >= 0.6 is 0 Å². The summed E-state index contributed by atoms with van der Waals surface area (Å²) in [5.74, 6) is 0.580. The van der Waals surface area contributed by atoms with Gasteiger partial charge in [0, 0.05) is 24.7 Å². The van der Waals surface area contributed by atoms with E-state index in [0.29, 0.717) is 37.6 Å². The lowest BCUT2D eigenvalue weighted by atomic mass is 9.99. The Kier molecular flexibility index (Phi) is 6.82. The van der Waals surface area contributed by atoms with Crippen LogP contribution in [0.1, 0.15) is 32.0 Å². The van der Waals surface area contributed by atoms with Gasteiger partial charge in [-0.3, -0.25) is 9.71 Å². The fourth-order valence-corrected chi connectivity index (χ4v) is 4.43. The van der Waals surface area contributed by atoms with Crippen molar-refractivity contribution in [1.82, 2.24) is 9.88 Å². The molecule has 9 nitrogen and oxygen atoms in total. The van der Waals surface area contributed by atoms with Gasteiger partial charge in [0.2, 0.25) is 0 Å². The summed E-state index contributed by atoms with van der Waals surface area (Å²) in [6.45, 7) is 7.08. The second-order valence-corrected chi connectivity index (χ2v) is 10.4. The molecule has 3 rings (SSSR count). The van der Waals surface area contributed by atoms with Crippen LogP contribution in [-0.4, -0.2) is 51.8 Å². The van der Waals surface area contributed by atoms with Crippen LogP contribution in [0.15, 0.2) is 35.4 Å². The number of amides is 1. The van der Waals surface area contributed by atoms with E-state index in [4.69, 9.17) is 14.2 Å². The minimum Gasteiger partial charge on any atom is -0.497 e. The van der Waals surface area contributed by atoms with Gasteiger partial charge in [-0.15, -0.1) is 0 Å². The molecular formula is C22H29N3O6S. The minimum atomic E-state index is -3.97. The fourth-order valence-electron chi connectivity index (χ4n) is 3.21. The van der Waals surface area contributed by atoms with Gasteiger partial charge < -0.3 is 19.1 Å². The van der Waals surface area contributed by atoms with Crippen molar-refractivity contribution in [3.63, 3.8) is 0 Å². The highest BCUT2D eigenvalue weighted by Gasteiger charge is 2.26. The van der Waals surface area contributed by atoms with E-state index in [-0.39, 0.29) is 16.1 Å². The van der Waals surface area contributed by atoms with Gasteiger partial charge in [-0.05, 0) is 29.2 Å². The van der Waals surface area contributed by atoms with E-state index in [1.54, 1.807) is 17.0 Å². The van der Waals surface area contributed by atoms with Crippen molar-refractivity contribution in [3.05, 3.63) is 41.7 Å². The molecule has 1 N–H and O–H groups in total. The molecule has 0 spiro atoms. The first-order valence-electron chi connectivity index (χ1n) is 10.2. The first-order chi connectivity index (χ1) is 15.0. The number of aromatic nitrogens is 1. The predicted molar refractivity (Wildman–Crippen MR) is 120 cm³/mol. The molecule has 0 saturated carbocycles. The number of nitrogens with one attached hydrogen (secondary N) is 1. The number of anilines is 1. The van der Waals surface area contributed by atoms with Crippen LogP contribution in [0.3, 0.4) is 0 Å². The molecule has 0 bridgehead atoms. The number of methoxy groups -OCH3 is 2. The van der Waals surface area contributed by atoms with Crippen molar-refractivity contribution in [2.75, 3.05) is 32.1 Å². The molecule has 10 heteroatoms. The van der Waals surface area contributed by atoms with Crippen LogP contribution in [0.4, 0.5) is 10.5 Å². The summed E-state index contributed by atoms with van der Waals surface area (Å²) < 4.78 is 44.3. The Labute approximate surface area is 188 Å². The van der Waals surface area contributed by atoms with Gasteiger partial charge in [-0.1, -0.05) is 20.8 Å². The Morgan fingerprint density at radius 3 is 2.59 bits per heavy atom. The second-order valence-electron chi connectivity index (χ2n) is 8.74. The Balaban J connectivity index is 1.79. The van der Waals surface area contributed by atoms with Crippen LogP contribution in [0.5, 0.6) is 11.5 Å².